The number of amides is 1. The molecule has 0 bridgehead atoms. The van der Waals surface area contributed by atoms with Gasteiger partial charge in [-0.1, -0.05) is 41.9 Å². The summed E-state index contributed by atoms with van der Waals surface area (Å²) in [6.45, 7) is 2.03. The minimum absolute atomic E-state index is 0.139. The molecule has 0 unspecified atom stereocenters. The molecule has 1 amide bonds. The number of hydrogen-bond donors (Lipinski definition) is 0. The molecule has 5 rings (SSSR count). The fraction of sp³-hybridized carbons (Fsp3) is 0.185. The molecule has 2 heterocycles. The zero-order chi connectivity index (χ0) is 24.4. The van der Waals surface area contributed by atoms with Gasteiger partial charge in [0.25, 0.3) is 5.91 Å². The van der Waals surface area contributed by atoms with Crippen LogP contribution in [0.2, 0.25) is 5.02 Å². The minimum Gasteiger partial charge on any atom is -0.497 e. The van der Waals surface area contributed by atoms with E-state index in [1.165, 1.54) is 6.07 Å². The van der Waals surface area contributed by atoms with Crippen LogP contribution >= 0.6 is 11.6 Å². The highest BCUT2D eigenvalue weighted by Gasteiger charge is 2.27. The van der Waals surface area contributed by atoms with E-state index in [4.69, 9.17) is 21.4 Å². The van der Waals surface area contributed by atoms with E-state index in [1.54, 1.807) is 41.0 Å². The first-order valence-electron chi connectivity index (χ1n) is 11.3. The van der Waals surface area contributed by atoms with Crippen molar-refractivity contribution in [3.05, 3.63) is 95.4 Å². The van der Waals surface area contributed by atoms with Crippen molar-refractivity contribution in [2.75, 3.05) is 38.2 Å². The molecule has 0 spiro atoms. The number of piperazine rings is 1. The standard InChI is InChI=1S/C27H24ClFN4O2/c1-35-20-12-10-19(11-13-20)33-26(18-24(30-33)21-6-2-3-7-22(21)28)27(34)32-16-14-31(15-17-32)25-9-5-4-8-23(25)29/h2-13,18H,14-17H2,1H3. The lowest BCUT2D eigenvalue weighted by Crippen LogP contribution is -2.49. The number of ether oxygens (including phenoxy) is 1. The molecule has 0 aliphatic carbocycles. The van der Waals surface area contributed by atoms with Crippen LogP contribution in [0, 0.1) is 5.82 Å². The van der Waals surface area contributed by atoms with E-state index in [-0.39, 0.29) is 11.7 Å². The molecule has 35 heavy (non-hydrogen) atoms. The van der Waals surface area contributed by atoms with Crippen molar-refractivity contribution in [2.24, 2.45) is 0 Å². The van der Waals surface area contributed by atoms with Crippen LogP contribution in [-0.2, 0) is 0 Å². The maximum Gasteiger partial charge on any atom is 0.272 e. The number of anilines is 1. The van der Waals surface area contributed by atoms with Crippen LogP contribution in [0.25, 0.3) is 16.9 Å². The van der Waals surface area contributed by atoms with Gasteiger partial charge in [-0.25, -0.2) is 9.07 Å². The van der Waals surface area contributed by atoms with Gasteiger partial charge in [0.05, 0.1) is 29.2 Å². The predicted octanol–water partition coefficient (Wildman–Crippen LogP) is 5.30. The van der Waals surface area contributed by atoms with Crippen LogP contribution in [0.3, 0.4) is 0 Å². The number of aromatic nitrogens is 2. The topological polar surface area (TPSA) is 50.6 Å². The summed E-state index contributed by atoms with van der Waals surface area (Å²) in [5, 5.41) is 5.30. The molecule has 0 atom stereocenters. The van der Waals surface area contributed by atoms with Gasteiger partial charge < -0.3 is 14.5 Å². The van der Waals surface area contributed by atoms with E-state index in [2.05, 4.69) is 0 Å². The first kappa shape index (κ1) is 22.9. The van der Waals surface area contributed by atoms with Crippen molar-refractivity contribution in [3.63, 3.8) is 0 Å². The van der Waals surface area contributed by atoms with Gasteiger partial charge in [-0.05, 0) is 48.5 Å². The zero-order valence-corrected chi connectivity index (χ0v) is 20.0. The highest BCUT2D eigenvalue weighted by atomic mass is 35.5. The van der Waals surface area contributed by atoms with Crippen molar-refractivity contribution in [3.8, 4) is 22.7 Å². The Morgan fingerprint density at radius 3 is 2.31 bits per heavy atom. The average molecular weight is 491 g/mol. The lowest BCUT2D eigenvalue weighted by atomic mass is 10.1. The molecule has 0 radical (unpaired) electrons. The highest BCUT2D eigenvalue weighted by molar-refractivity contribution is 6.33. The minimum atomic E-state index is -0.255. The zero-order valence-electron chi connectivity index (χ0n) is 19.2. The number of methoxy groups -OCH3 is 1. The molecule has 1 aliphatic heterocycles. The summed E-state index contributed by atoms with van der Waals surface area (Å²) in [5.74, 6) is 0.318. The molecule has 4 aromatic rings. The second-order valence-corrected chi connectivity index (χ2v) is 8.64. The molecule has 1 aliphatic rings. The third-order valence-electron chi connectivity index (χ3n) is 6.16. The first-order valence-corrected chi connectivity index (χ1v) is 11.7. The summed E-state index contributed by atoms with van der Waals surface area (Å²) in [7, 11) is 1.61. The average Bonchev–Trinajstić information content (AvgIpc) is 3.34. The lowest BCUT2D eigenvalue weighted by Gasteiger charge is -2.36. The van der Waals surface area contributed by atoms with Crippen molar-refractivity contribution < 1.29 is 13.9 Å². The molecule has 1 fully saturated rings. The van der Waals surface area contributed by atoms with E-state index in [9.17, 15) is 9.18 Å². The monoisotopic (exact) mass is 490 g/mol. The Hall–Kier alpha value is -3.84. The Kier molecular flexibility index (Phi) is 6.42. The number of para-hydroxylation sites is 1. The molecular formula is C27H24ClFN4O2. The number of nitrogens with zero attached hydrogens (tertiary/aromatic N) is 4. The number of hydrogen-bond acceptors (Lipinski definition) is 4. The third kappa shape index (κ3) is 4.59. The van der Waals surface area contributed by atoms with Crippen molar-refractivity contribution in [1.82, 2.24) is 14.7 Å². The third-order valence-corrected chi connectivity index (χ3v) is 6.48. The van der Waals surface area contributed by atoms with E-state index in [0.29, 0.717) is 54.0 Å². The number of benzene rings is 3. The SMILES string of the molecule is COc1ccc(-n2nc(-c3ccccc3Cl)cc2C(=O)N2CCN(c3ccccc3F)CC2)cc1. The van der Waals surface area contributed by atoms with Crippen LogP contribution in [0.4, 0.5) is 10.1 Å². The Labute approximate surface area is 208 Å². The van der Waals surface area contributed by atoms with Crippen molar-refractivity contribution in [2.45, 2.75) is 0 Å². The molecule has 6 nitrogen and oxygen atoms in total. The molecule has 3 aromatic carbocycles. The number of halogens is 2. The van der Waals surface area contributed by atoms with Gasteiger partial charge in [0.2, 0.25) is 0 Å². The summed E-state index contributed by atoms with van der Waals surface area (Å²) in [6, 6.07) is 23.3. The summed E-state index contributed by atoms with van der Waals surface area (Å²) in [5.41, 5.74) is 3.09. The summed E-state index contributed by atoms with van der Waals surface area (Å²) < 4.78 is 21.1. The first-order chi connectivity index (χ1) is 17.0. The summed E-state index contributed by atoms with van der Waals surface area (Å²) in [4.78, 5) is 17.4. The van der Waals surface area contributed by atoms with Crippen molar-refractivity contribution >= 4 is 23.2 Å². The lowest BCUT2D eigenvalue weighted by molar-refractivity contribution is 0.0737. The van der Waals surface area contributed by atoms with Crippen LogP contribution in [0.5, 0.6) is 5.75 Å². The Morgan fingerprint density at radius 2 is 1.63 bits per heavy atom. The fourth-order valence-electron chi connectivity index (χ4n) is 4.27. The maximum absolute atomic E-state index is 14.2. The Morgan fingerprint density at radius 1 is 0.943 bits per heavy atom. The van der Waals surface area contributed by atoms with Gasteiger partial charge in [0.1, 0.15) is 17.3 Å². The van der Waals surface area contributed by atoms with E-state index in [0.717, 1.165) is 11.3 Å². The molecule has 0 N–H and O–H groups in total. The predicted molar refractivity (Wildman–Crippen MR) is 135 cm³/mol. The van der Waals surface area contributed by atoms with Crippen LogP contribution in [0.1, 0.15) is 10.5 Å². The normalized spacial score (nSPS) is 13.7. The van der Waals surface area contributed by atoms with Gasteiger partial charge in [-0.2, -0.15) is 5.10 Å². The second kappa shape index (κ2) is 9.80. The van der Waals surface area contributed by atoms with Gasteiger partial charge >= 0.3 is 0 Å². The number of rotatable bonds is 5. The van der Waals surface area contributed by atoms with Crippen LogP contribution < -0.4 is 9.64 Å². The molecular weight excluding hydrogens is 467 g/mol. The van der Waals surface area contributed by atoms with Gasteiger partial charge in [-0.15, -0.1) is 0 Å². The quantitative estimate of drug-likeness (QED) is 0.381. The number of carbonyl (C=O) groups excluding carboxylic acids is 1. The number of carbonyl (C=O) groups is 1. The summed E-state index contributed by atoms with van der Waals surface area (Å²) >= 11 is 6.42. The van der Waals surface area contributed by atoms with E-state index in [1.807, 2.05) is 53.4 Å². The molecule has 1 aromatic heterocycles. The van der Waals surface area contributed by atoms with Crippen LogP contribution in [0.15, 0.2) is 78.9 Å². The molecule has 8 heteroatoms. The largest absolute Gasteiger partial charge is 0.497 e. The van der Waals surface area contributed by atoms with Gasteiger partial charge in [-0.3, -0.25) is 4.79 Å². The maximum atomic E-state index is 14.2. The molecule has 1 saturated heterocycles. The second-order valence-electron chi connectivity index (χ2n) is 8.24. The van der Waals surface area contributed by atoms with Crippen LogP contribution in [-0.4, -0.2) is 53.9 Å². The molecule has 178 valence electrons. The fourth-order valence-corrected chi connectivity index (χ4v) is 4.51. The molecule has 0 saturated carbocycles. The van der Waals surface area contributed by atoms with Crippen molar-refractivity contribution in [1.29, 1.82) is 0 Å². The van der Waals surface area contributed by atoms with Gasteiger partial charge in [0, 0.05) is 31.7 Å². The van der Waals surface area contributed by atoms with E-state index < -0.39 is 0 Å². The Bertz CT molecular complexity index is 1350. The Balaban J connectivity index is 1.45. The smallest absolute Gasteiger partial charge is 0.272 e. The van der Waals surface area contributed by atoms with E-state index >= 15 is 0 Å². The highest BCUT2D eigenvalue weighted by Crippen LogP contribution is 2.29. The van der Waals surface area contributed by atoms with Gasteiger partial charge in [0.15, 0.2) is 0 Å². The summed E-state index contributed by atoms with van der Waals surface area (Å²) in [6.07, 6.45) is 0.